The molecule has 17 heavy (non-hydrogen) atoms. The Morgan fingerprint density at radius 1 is 1.35 bits per heavy atom. The first-order valence-electron chi connectivity index (χ1n) is 4.68. The summed E-state index contributed by atoms with van der Waals surface area (Å²) in [5.41, 5.74) is 0.401. The van der Waals surface area contributed by atoms with E-state index in [2.05, 4.69) is 9.47 Å². The van der Waals surface area contributed by atoms with Gasteiger partial charge in [-0.1, -0.05) is 12.1 Å². The van der Waals surface area contributed by atoms with Crippen molar-refractivity contribution in [1.82, 2.24) is 0 Å². The van der Waals surface area contributed by atoms with Gasteiger partial charge in [0.25, 0.3) is 0 Å². The molecule has 0 saturated heterocycles. The lowest BCUT2D eigenvalue weighted by Crippen LogP contribution is -2.17. The molecule has 6 heteroatoms. The molecule has 1 aromatic carbocycles. The van der Waals surface area contributed by atoms with Crippen LogP contribution in [-0.2, 0) is 20.7 Å². The fraction of sp³-hybridized carbons (Fsp3) is 0.273. The molecule has 0 aliphatic rings. The minimum Gasteiger partial charge on any atom is -0.463 e. The Bertz CT molecular complexity index is 418. The first kappa shape index (κ1) is 13.1. The fourth-order valence-electron chi connectivity index (χ4n) is 1.20. The van der Waals surface area contributed by atoms with E-state index in [-0.39, 0.29) is 12.2 Å². The van der Waals surface area contributed by atoms with Gasteiger partial charge in [-0.3, -0.25) is 4.79 Å². The van der Waals surface area contributed by atoms with Gasteiger partial charge < -0.3 is 9.47 Å². The van der Waals surface area contributed by atoms with Crippen molar-refractivity contribution in [3.63, 3.8) is 0 Å². The number of alkyl halides is 2. The van der Waals surface area contributed by atoms with E-state index in [4.69, 9.17) is 0 Å². The second kappa shape index (κ2) is 5.93. The van der Waals surface area contributed by atoms with Gasteiger partial charge in [0, 0.05) is 6.42 Å². The third-order valence-electron chi connectivity index (χ3n) is 1.90. The summed E-state index contributed by atoms with van der Waals surface area (Å²) in [5, 5.41) is 0. The maximum atomic E-state index is 11.9. The third kappa shape index (κ3) is 4.18. The first-order chi connectivity index (χ1) is 8.02. The molecule has 4 nitrogen and oxygen atoms in total. The number of hydrogen-bond donors (Lipinski definition) is 0. The molecule has 0 aliphatic heterocycles. The highest BCUT2D eigenvalue weighted by molar-refractivity contribution is 6.34. The van der Waals surface area contributed by atoms with Crippen molar-refractivity contribution in [3.8, 4) is 5.75 Å². The molecular weight excluding hydrogens is 234 g/mol. The lowest BCUT2D eigenvalue weighted by molar-refractivity contribution is -0.151. The summed E-state index contributed by atoms with van der Waals surface area (Å²) in [7, 11) is 1.09. The van der Waals surface area contributed by atoms with Crippen LogP contribution >= 0.6 is 0 Å². The van der Waals surface area contributed by atoms with Gasteiger partial charge in [-0.15, -0.1) is 0 Å². The third-order valence-corrected chi connectivity index (χ3v) is 1.90. The summed E-state index contributed by atoms with van der Waals surface area (Å²) < 4.78 is 32.3. The standard InChI is InChI=1S/C11H10F2O4/c1-16-10(15)9(14)6-7-3-2-4-8(5-7)17-11(12)13/h2-5,11H,6H2,1H3. The first-order valence-corrected chi connectivity index (χ1v) is 4.68. The van der Waals surface area contributed by atoms with Gasteiger partial charge in [-0.2, -0.15) is 8.78 Å². The Kier molecular flexibility index (Phi) is 4.56. The lowest BCUT2D eigenvalue weighted by Gasteiger charge is -2.05. The molecule has 0 spiro atoms. The Balaban J connectivity index is 2.72. The number of Topliss-reactive ketones (excluding diaryl/α,β-unsaturated/α-hetero) is 1. The smallest absolute Gasteiger partial charge is 0.387 e. The summed E-state index contributed by atoms with van der Waals surface area (Å²) in [4.78, 5) is 22.1. The molecule has 0 bridgehead atoms. The van der Waals surface area contributed by atoms with E-state index in [9.17, 15) is 18.4 Å². The second-order valence-electron chi connectivity index (χ2n) is 3.12. The maximum absolute atomic E-state index is 11.9. The Morgan fingerprint density at radius 3 is 2.65 bits per heavy atom. The molecule has 0 heterocycles. The van der Waals surface area contributed by atoms with Crippen LogP contribution in [0, 0.1) is 0 Å². The molecule has 0 fully saturated rings. The molecule has 0 radical (unpaired) electrons. The SMILES string of the molecule is COC(=O)C(=O)Cc1cccc(OC(F)F)c1. The van der Waals surface area contributed by atoms with Gasteiger partial charge in [0.2, 0.25) is 5.78 Å². The van der Waals surface area contributed by atoms with E-state index >= 15 is 0 Å². The number of esters is 1. The molecule has 0 amide bonds. The van der Waals surface area contributed by atoms with Gasteiger partial charge >= 0.3 is 12.6 Å². The van der Waals surface area contributed by atoms with Gasteiger partial charge in [-0.25, -0.2) is 4.79 Å². The zero-order valence-electron chi connectivity index (χ0n) is 8.98. The minimum atomic E-state index is -2.93. The number of ketones is 1. The zero-order valence-corrected chi connectivity index (χ0v) is 8.98. The summed E-state index contributed by atoms with van der Waals surface area (Å²) in [6.07, 6.45) is -0.215. The highest BCUT2D eigenvalue weighted by Crippen LogP contribution is 2.16. The monoisotopic (exact) mass is 244 g/mol. The van der Waals surface area contributed by atoms with E-state index in [1.165, 1.54) is 24.3 Å². The molecule has 0 saturated carbocycles. The average Bonchev–Trinajstić information content (AvgIpc) is 2.27. The minimum absolute atomic E-state index is 0.0600. The van der Waals surface area contributed by atoms with E-state index < -0.39 is 18.4 Å². The van der Waals surface area contributed by atoms with Crippen molar-refractivity contribution in [2.75, 3.05) is 7.11 Å². The summed E-state index contributed by atoms with van der Waals surface area (Å²) in [6.45, 7) is -2.93. The number of halogens is 2. The quantitative estimate of drug-likeness (QED) is 0.582. The molecule has 0 unspecified atom stereocenters. The molecule has 1 aromatic rings. The van der Waals surface area contributed by atoms with Crippen molar-refractivity contribution < 1.29 is 27.8 Å². The van der Waals surface area contributed by atoms with E-state index in [0.717, 1.165) is 7.11 Å². The second-order valence-corrected chi connectivity index (χ2v) is 3.12. The Morgan fingerprint density at radius 2 is 2.06 bits per heavy atom. The summed E-state index contributed by atoms with van der Waals surface area (Å²) in [6, 6.07) is 5.59. The largest absolute Gasteiger partial charge is 0.463 e. The van der Waals surface area contributed by atoms with Crippen LogP contribution in [0.15, 0.2) is 24.3 Å². The Hall–Kier alpha value is -1.98. The molecule has 0 aliphatic carbocycles. The highest BCUT2D eigenvalue weighted by atomic mass is 19.3. The lowest BCUT2D eigenvalue weighted by atomic mass is 10.1. The van der Waals surface area contributed by atoms with Crippen LogP contribution in [0.25, 0.3) is 0 Å². The Labute approximate surface area is 96.1 Å². The van der Waals surface area contributed by atoms with Crippen LogP contribution in [0.4, 0.5) is 8.78 Å². The predicted molar refractivity (Wildman–Crippen MR) is 53.8 cm³/mol. The van der Waals surface area contributed by atoms with Crippen LogP contribution in [0.2, 0.25) is 0 Å². The fourth-order valence-corrected chi connectivity index (χ4v) is 1.20. The molecule has 0 atom stereocenters. The average molecular weight is 244 g/mol. The van der Waals surface area contributed by atoms with Crippen molar-refractivity contribution in [3.05, 3.63) is 29.8 Å². The molecule has 1 rings (SSSR count). The van der Waals surface area contributed by atoms with Crippen LogP contribution in [0.1, 0.15) is 5.56 Å². The van der Waals surface area contributed by atoms with Crippen molar-refractivity contribution in [2.45, 2.75) is 13.0 Å². The molecule has 0 aromatic heterocycles. The van der Waals surface area contributed by atoms with Gasteiger partial charge in [0.15, 0.2) is 0 Å². The number of rotatable bonds is 5. The maximum Gasteiger partial charge on any atom is 0.387 e. The number of carbonyl (C=O) groups excluding carboxylic acids is 2. The molecule has 92 valence electrons. The van der Waals surface area contributed by atoms with E-state index in [1.807, 2.05) is 0 Å². The van der Waals surface area contributed by atoms with Gasteiger partial charge in [-0.05, 0) is 17.7 Å². The number of ether oxygens (including phenoxy) is 2. The topological polar surface area (TPSA) is 52.6 Å². The van der Waals surface area contributed by atoms with Gasteiger partial charge in [0.1, 0.15) is 5.75 Å². The number of benzene rings is 1. The number of methoxy groups -OCH3 is 1. The van der Waals surface area contributed by atoms with Crippen LogP contribution in [0.5, 0.6) is 5.75 Å². The zero-order chi connectivity index (χ0) is 12.8. The van der Waals surface area contributed by atoms with Gasteiger partial charge in [0.05, 0.1) is 7.11 Å². The highest BCUT2D eigenvalue weighted by Gasteiger charge is 2.15. The molecule has 0 N–H and O–H groups in total. The van der Waals surface area contributed by atoms with Crippen LogP contribution < -0.4 is 4.74 Å². The number of hydrogen-bond acceptors (Lipinski definition) is 4. The van der Waals surface area contributed by atoms with E-state index in [0.29, 0.717) is 5.56 Å². The number of carbonyl (C=O) groups is 2. The van der Waals surface area contributed by atoms with Crippen molar-refractivity contribution in [1.29, 1.82) is 0 Å². The molecular formula is C11H10F2O4. The normalized spacial score (nSPS) is 10.1. The van der Waals surface area contributed by atoms with Crippen molar-refractivity contribution >= 4 is 11.8 Å². The van der Waals surface area contributed by atoms with Crippen LogP contribution in [0.3, 0.4) is 0 Å². The van der Waals surface area contributed by atoms with E-state index in [1.54, 1.807) is 0 Å². The van der Waals surface area contributed by atoms with Crippen molar-refractivity contribution in [2.24, 2.45) is 0 Å². The predicted octanol–water partition coefficient (Wildman–Crippen LogP) is 1.57. The van der Waals surface area contributed by atoms with Crippen LogP contribution in [-0.4, -0.2) is 25.5 Å². The summed E-state index contributed by atoms with van der Waals surface area (Å²) >= 11 is 0. The summed E-state index contributed by atoms with van der Waals surface area (Å²) in [5.74, 6) is -1.78.